The van der Waals surface area contributed by atoms with Gasteiger partial charge in [0.15, 0.2) is 0 Å². The van der Waals surface area contributed by atoms with Gasteiger partial charge in [0, 0.05) is 12.1 Å². The van der Waals surface area contributed by atoms with Gasteiger partial charge in [-0.05, 0) is 22.4 Å². The van der Waals surface area contributed by atoms with Crippen LogP contribution in [0.5, 0.6) is 0 Å². The minimum atomic E-state index is -0.617. The van der Waals surface area contributed by atoms with Crippen molar-refractivity contribution in [3.05, 3.63) is 33.5 Å². The van der Waals surface area contributed by atoms with Gasteiger partial charge < -0.3 is 10.1 Å². The van der Waals surface area contributed by atoms with Crippen LogP contribution >= 0.6 is 0 Å². The molecule has 0 bridgehead atoms. The van der Waals surface area contributed by atoms with Crippen molar-refractivity contribution >= 4 is 5.82 Å². The van der Waals surface area contributed by atoms with Crippen molar-refractivity contribution in [2.45, 2.75) is 6.92 Å². The average Bonchev–Trinajstić information content (AvgIpc) is 2.03. The van der Waals surface area contributed by atoms with E-state index in [0.29, 0.717) is 5.56 Å². The summed E-state index contributed by atoms with van der Waals surface area (Å²) in [4.78, 5) is 13.1. The summed E-state index contributed by atoms with van der Waals surface area (Å²) in [5.41, 5.74) is 0.731. The molecule has 5 nitrogen and oxygen atoms in total. The maximum absolute atomic E-state index is 10.3. The van der Waals surface area contributed by atoms with Crippen LogP contribution in [0.15, 0.2) is 12.1 Å². The van der Waals surface area contributed by atoms with Crippen LogP contribution in [0.3, 0.4) is 0 Å². The van der Waals surface area contributed by atoms with Gasteiger partial charge in [-0.2, -0.15) is 5.26 Å². The first-order valence-corrected chi connectivity index (χ1v) is 3.16. The summed E-state index contributed by atoms with van der Waals surface area (Å²) in [7, 11) is 0. The molecule has 0 atom stereocenters. The molecule has 0 saturated heterocycles. The fourth-order valence-electron chi connectivity index (χ4n) is 0.800. The lowest BCUT2D eigenvalue weighted by Gasteiger charge is -1.92. The number of nitrogens with zero attached hydrogens (tertiary/aromatic N) is 3. The van der Waals surface area contributed by atoms with Crippen molar-refractivity contribution in [2.75, 3.05) is 0 Å². The smallest absolute Gasteiger partial charge is 0.358 e. The molecule has 1 aromatic rings. The Kier molecular flexibility index (Phi) is 2.01. The lowest BCUT2D eigenvalue weighted by atomic mass is 10.2. The molecule has 0 radical (unpaired) electrons. The minimum absolute atomic E-state index is 0.0710. The van der Waals surface area contributed by atoms with Crippen molar-refractivity contribution in [3.8, 4) is 6.07 Å². The van der Waals surface area contributed by atoms with E-state index in [-0.39, 0.29) is 11.5 Å². The predicted molar refractivity (Wildman–Crippen MR) is 40.3 cm³/mol. The van der Waals surface area contributed by atoms with Gasteiger partial charge >= 0.3 is 5.82 Å². The Balaban J connectivity index is 3.26. The molecule has 0 fully saturated rings. The summed E-state index contributed by atoms with van der Waals surface area (Å²) in [6, 6.07) is 4.56. The molecule has 1 rings (SSSR count). The van der Waals surface area contributed by atoms with E-state index in [9.17, 15) is 10.1 Å². The Morgan fingerprint density at radius 2 is 2.33 bits per heavy atom. The van der Waals surface area contributed by atoms with E-state index >= 15 is 0 Å². The molecule has 1 aromatic heterocycles. The first-order valence-electron chi connectivity index (χ1n) is 3.16. The van der Waals surface area contributed by atoms with Gasteiger partial charge in [-0.25, -0.2) is 0 Å². The quantitative estimate of drug-likeness (QED) is 0.459. The number of nitriles is 1. The fraction of sp³-hybridized carbons (Fsp3) is 0.143. The number of aromatic nitrogens is 1. The van der Waals surface area contributed by atoms with Crippen LogP contribution in [-0.2, 0) is 0 Å². The summed E-state index contributed by atoms with van der Waals surface area (Å²) < 4.78 is 0. The molecule has 1 heterocycles. The van der Waals surface area contributed by atoms with E-state index in [2.05, 4.69) is 4.98 Å². The molecule has 0 aromatic carbocycles. The zero-order valence-corrected chi connectivity index (χ0v) is 6.31. The van der Waals surface area contributed by atoms with E-state index < -0.39 is 4.92 Å². The molecular weight excluding hydrogens is 158 g/mol. The Morgan fingerprint density at radius 1 is 1.67 bits per heavy atom. The van der Waals surface area contributed by atoms with Gasteiger partial charge in [0.1, 0.15) is 6.07 Å². The summed E-state index contributed by atoms with van der Waals surface area (Å²) in [6.45, 7) is 1.68. The van der Waals surface area contributed by atoms with E-state index in [0.717, 1.165) is 0 Å². The van der Waals surface area contributed by atoms with E-state index in [1.165, 1.54) is 12.1 Å². The molecule has 0 aliphatic heterocycles. The van der Waals surface area contributed by atoms with Crippen molar-refractivity contribution in [3.63, 3.8) is 0 Å². The van der Waals surface area contributed by atoms with E-state index in [1.807, 2.05) is 0 Å². The highest BCUT2D eigenvalue weighted by atomic mass is 16.6. The average molecular weight is 163 g/mol. The molecule has 0 amide bonds. The zero-order valence-electron chi connectivity index (χ0n) is 6.31. The summed E-state index contributed by atoms with van der Waals surface area (Å²) in [6.07, 6.45) is 0. The highest BCUT2D eigenvalue weighted by Crippen LogP contribution is 2.10. The largest absolute Gasteiger partial charge is 0.365 e. The number of pyridine rings is 1. The maximum Gasteiger partial charge on any atom is 0.365 e. The molecule has 12 heavy (non-hydrogen) atoms. The normalized spacial score (nSPS) is 9.00. The van der Waals surface area contributed by atoms with Gasteiger partial charge in [-0.1, -0.05) is 0 Å². The number of aryl methyl sites for hydroxylation is 1. The van der Waals surface area contributed by atoms with Crippen molar-refractivity contribution < 1.29 is 4.92 Å². The standard InChI is InChI=1S/C7H5N3O2/c1-5-2-6(4-8)9-7(3-5)10(11)12/h2-3H,1H3. The third kappa shape index (κ3) is 1.55. The molecule has 0 aliphatic rings. The van der Waals surface area contributed by atoms with Crippen LogP contribution in [0.2, 0.25) is 0 Å². The van der Waals surface area contributed by atoms with Crippen molar-refractivity contribution in [2.24, 2.45) is 0 Å². The second-order valence-electron chi connectivity index (χ2n) is 2.26. The van der Waals surface area contributed by atoms with Gasteiger partial charge in [-0.15, -0.1) is 0 Å². The third-order valence-electron chi connectivity index (χ3n) is 1.26. The predicted octanol–water partition coefficient (Wildman–Crippen LogP) is 1.17. The highest BCUT2D eigenvalue weighted by molar-refractivity contribution is 5.33. The summed E-state index contributed by atoms with van der Waals surface area (Å²) in [5.74, 6) is -0.286. The van der Waals surface area contributed by atoms with Gasteiger partial charge in [0.05, 0.1) is 0 Å². The maximum atomic E-state index is 10.3. The van der Waals surface area contributed by atoms with E-state index in [4.69, 9.17) is 5.26 Å². The van der Waals surface area contributed by atoms with Crippen LogP contribution < -0.4 is 0 Å². The second kappa shape index (κ2) is 2.96. The molecule has 5 heteroatoms. The second-order valence-corrected chi connectivity index (χ2v) is 2.26. The van der Waals surface area contributed by atoms with Crippen molar-refractivity contribution in [1.82, 2.24) is 4.98 Å². The molecule has 0 N–H and O–H groups in total. The Bertz CT molecular complexity index is 367. The first kappa shape index (κ1) is 8.14. The van der Waals surface area contributed by atoms with Gasteiger partial charge in [0.25, 0.3) is 5.69 Å². The lowest BCUT2D eigenvalue weighted by Crippen LogP contribution is -1.94. The monoisotopic (exact) mass is 163 g/mol. The molecular formula is C7H5N3O2. The Hall–Kier alpha value is -1.96. The van der Waals surface area contributed by atoms with Gasteiger partial charge in [-0.3, -0.25) is 0 Å². The topological polar surface area (TPSA) is 79.8 Å². The SMILES string of the molecule is Cc1cc(C#N)nc([N+](=O)[O-])c1. The molecule has 0 saturated carbocycles. The fourth-order valence-corrected chi connectivity index (χ4v) is 0.800. The summed E-state index contributed by atoms with van der Waals surface area (Å²) >= 11 is 0. The Morgan fingerprint density at radius 3 is 2.83 bits per heavy atom. The number of nitro groups is 1. The van der Waals surface area contributed by atoms with Crippen LogP contribution in [0, 0.1) is 28.4 Å². The van der Waals surface area contributed by atoms with Crippen molar-refractivity contribution in [1.29, 1.82) is 5.26 Å². The number of hydrogen-bond acceptors (Lipinski definition) is 4. The molecule has 0 aliphatic carbocycles. The van der Waals surface area contributed by atoms with Gasteiger partial charge in [0.2, 0.25) is 0 Å². The lowest BCUT2D eigenvalue weighted by molar-refractivity contribution is -0.389. The van der Waals surface area contributed by atoms with Crippen LogP contribution in [-0.4, -0.2) is 9.91 Å². The third-order valence-corrected chi connectivity index (χ3v) is 1.26. The number of hydrogen-bond donors (Lipinski definition) is 0. The number of rotatable bonds is 1. The van der Waals surface area contributed by atoms with Crippen LogP contribution in [0.1, 0.15) is 11.3 Å². The van der Waals surface area contributed by atoms with Crippen LogP contribution in [0.25, 0.3) is 0 Å². The minimum Gasteiger partial charge on any atom is -0.358 e. The Labute approximate surface area is 68.4 Å². The zero-order chi connectivity index (χ0) is 9.14. The van der Waals surface area contributed by atoms with E-state index in [1.54, 1.807) is 13.0 Å². The highest BCUT2D eigenvalue weighted by Gasteiger charge is 2.10. The van der Waals surface area contributed by atoms with Crippen LogP contribution in [0.4, 0.5) is 5.82 Å². The molecule has 0 unspecified atom stereocenters. The molecule has 60 valence electrons. The molecule has 0 spiro atoms. The summed E-state index contributed by atoms with van der Waals surface area (Å²) in [5, 5.41) is 18.7. The first-order chi connectivity index (χ1) is 5.63.